The van der Waals surface area contributed by atoms with Gasteiger partial charge < -0.3 is 0 Å². The normalized spacial score (nSPS) is 11.4. The van der Waals surface area contributed by atoms with Crippen molar-refractivity contribution in [1.82, 2.24) is 0 Å². The van der Waals surface area contributed by atoms with Crippen molar-refractivity contribution >= 4 is 29.3 Å². The van der Waals surface area contributed by atoms with Crippen molar-refractivity contribution in [2.75, 3.05) is 0 Å². The van der Waals surface area contributed by atoms with Gasteiger partial charge in [-0.05, 0) is 0 Å². The van der Waals surface area contributed by atoms with Crippen LogP contribution >= 0.6 is 5.29 Å². The van der Waals surface area contributed by atoms with E-state index in [0.717, 1.165) is 14.7 Å². The van der Waals surface area contributed by atoms with E-state index in [4.69, 9.17) is 9.05 Å². The van der Waals surface area contributed by atoms with Crippen molar-refractivity contribution in [1.29, 1.82) is 0 Å². The molecule has 3 aromatic carbocycles. The summed E-state index contributed by atoms with van der Waals surface area (Å²) in [5.74, 6) is 0. The molecule has 3 nitrogen and oxygen atoms in total. The summed E-state index contributed by atoms with van der Waals surface area (Å²) in [6, 6.07) is 29.4. The standard InChI is InChI=1S/C20H19O3PTe/c21-24(25-20-14-8-3-9-15-20,22-16-18-10-4-1-5-11-18)23-17-19-12-6-2-7-13-19/h1-15H,16-17H2. The van der Waals surface area contributed by atoms with Gasteiger partial charge in [-0.15, -0.1) is 0 Å². The summed E-state index contributed by atoms with van der Waals surface area (Å²) in [7, 11) is 0. The Morgan fingerprint density at radius 3 is 1.48 bits per heavy atom. The third-order valence-electron chi connectivity index (χ3n) is 3.42. The Morgan fingerprint density at radius 2 is 1.04 bits per heavy atom. The first kappa shape index (κ1) is 18.4. The summed E-state index contributed by atoms with van der Waals surface area (Å²) in [5, 5.41) is -3.14. The van der Waals surface area contributed by atoms with E-state index in [1.165, 1.54) is 0 Å². The molecule has 0 aliphatic carbocycles. The maximum absolute atomic E-state index is 13.3. The van der Waals surface area contributed by atoms with E-state index >= 15 is 0 Å². The van der Waals surface area contributed by atoms with E-state index in [2.05, 4.69) is 0 Å². The van der Waals surface area contributed by atoms with Crippen molar-refractivity contribution in [2.24, 2.45) is 0 Å². The SMILES string of the molecule is O=P(OCc1ccccc1)(OCc1ccccc1)[Te]c1ccccc1. The Labute approximate surface area is 158 Å². The topological polar surface area (TPSA) is 35.5 Å². The molecule has 0 N–H and O–H groups in total. The third kappa shape index (κ3) is 6.12. The molecule has 0 saturated heterocycles. The molecule has 0 heterocycles. The van der Waals surface area contributed by atoms with Crippen LogP contribution in [0, 0.1) is 0 Å². The first-order valence-electron chi connectivity index (χ1n) is 7.95. The second-order valence-electron chi connectivity index (χ2n) is 5.37. The average Bonchev–Trinajstić information content (AvgIpc) is 2.68. The quantitative estimate of drug-likeness (QED) is 0.361. The predicted molar refractivity (Wildman–Crippen MR) is 102 cm³/mol. The Morgan fingerprint density at radius 1 is 0.640 bits per heavy atom. The maximum atomic E-state index is 13.3. The first-order chi connectivity index (χ1) is 12.2. The molecular formula is C20H19O3PTe. The monoisotopic (exact) mass is 468 g/mol. The molecule has 0 saturated carbocycles. The molecule has 0 amide bonds. The minimum atomic E-state index is -3.14. The summed E-state index contributed by atoms with van der Waals surface area (Å²) in [5.41, 5.74) is 1.98. The number of hydrogen-bond donors (Lipinski definition) is 0. The van der Waals surface area contributed by atoms with Crippen molar-refractivity contribution in [3.05, 3.63) is 102 Å². The molecule has 0 spiro atoms. The van der Waals surface area contributed by atoms with E-state index in [-0.39, 0.29) is 0 Å². The molecule has 0 aliphatic heterocycles. The third-order valence-corrected chi connectivity index (χ3v) is 11.1. The molecule has 0 unspecified atom stereocenters. The molecule has 0 aromatic heterocycles. The van der Waals surface area contributed by atoms with E-state index < -0.39 is 25.7 Å². The molecule has 0 radical (unpaired) electrons. The first-order valence-corrected chi connectivity index (χ1v) is 13.7. The van der Waals surface area contributed by atoms with Crippen LogP contribution in [0.5, 0.6) is 0 Å². The summed E-state index contributed by atoms with van der Waals surface area (Å²) in [4.78, 5) is 0. The summed E-state index contributed by atoms with van der Waals surface area (Å²) in [6.07, 6.45) is 0. The average molecular weight is 466 g/mol. The minimum absolute atomic E-state index is 0.296. The van der Waals surface area contributed by atoms with Crippen LogP contribution in [0.2, 0.25) is 0 Å². The second kappa shape index (κ2) is 9.34. The predicted octanol–water partition coefficient (Wildman–Crippen LogP) is 4.56. The fourth-order valence-electron chi connectivity index (χ4n) is 2.16. The van der Waals surface area contributed by atoms with Gasteiger partial charge in [0.2, 0.25) is 0 Å². The van der Waals surface area contributed by atoms with Crippen molar-refractivity contribution in [2.45, 2.75) is 13.2 Å². The fourth-order valence-corrected chi connectivity index (χ4v) is 8.84. The van der Waals surface area contributed by atoms with Gasteiger partial charge in [-0.2, -0.15) is 0 Å². The van der Waals surface area contributed by atoms with Crippen LogP contribution in [-0.4, -0.2) is 20.4 Å². The number of rotatable bonds is 8. The Bertz CT molecular complexity index is 763. The van der Waals surface area contributed by atoms with Gasteiger partial charge in [0.05, 0.1) is 0 Å². The summed E-state index contributed by atoms with van der Waals surface area (Å²) < 4.78 is 26.1. The van der Waals surface area contributed by atoms with E-state index in [1.807, 2.05) is 91.0 Å². The molecule has 3 aromatic rings. The molecule has 3 rings (SSSR count). The Hall–Kier alpha value is -1.40. The number of benzene rings is 3. The molecule has 0 aliphatic rings. The summed E-state index contributed by atoms with van der Waals surface area (Å²) >= 11 is -1.12. The number of hydrogen-bond acceptors (Lipinski definition) is 3. The molecule has 0 atom stereocenters. The van der Waals surface area contributed by atoms with Gasteiger partial charge in [0.1, 0.15) is 0 Å². The molecule has 25 heavy (non-hydrogen) atoms. The van der Waals surface area contributed by atoms with E-state index in [0.29, 0.717) is 13.2 Å². The van der Waals surface area contributed by atoms with Gasteiger partial charge in [0.25, 0.3) is 0 Å². The summed E-state index contributed by atoms with van der Waals surface area (Å²) in [6.45, 7) is 0.592. The Kier molecular flexibility index (Phi) is 6.87. The zero-order valence-corrected chi connectivity index (χ0v) is 16.9. The van der Waals surface area contributed by atoms with Crippen molar-refractivity contribution in [3.8, 4) is 0 Å². The van der Waals surface area contributed by atoms with Crippen LogP contribution in [0.15, 0.2) is 91.0 Å². The van der Waals surface area contributed by atoms with E-state index in [9.17, 15) is 4.57 Å². The zero-order valence-electron chi connectivity index (χ0n) is 13.7. The van der Waals surface area contributed by atoms with Crippen LogP contribution in [0.1, 0.15) is 11.1 Å². The van der Waals surface area contributed by atoms with Gasteiger partial charge >= 0.3 is 158 Å². The van der Waals surface area contributed by atoms with Crippen LogP contribution in [0.25, 0.3) is 0 Å². The van der Waals surface area contributed by atoms with Crippen LogP contribution in [0.4, 0.5) is 0 Å². The second-order valence-corrected chi connectivity index (χ2v) is 13.7. The van der Waals surface area contributed by atoms with Gasteiger partial charge in [0, 0.05) is 0 Å². The van der Waals surface area contributed by atoms with Gasteiger partial charge in [-0.25, -0.2) is 0 Å². The fraction of sp³-hybridized carbons (Fsp3) is 0.100. The molecule has 5 heteroatoms. The molecule has 0 fully saturated rings. The molecule has 0 bridgehead atoms. The Balaban J connectivity index is 1.71. The zero-order chi connectivity index (χ0) is 17.4. The molecular weight excluding hydrogens is 447 g/mol. The van der Waals surface area contributed by atoms with E-state index in [1.54, 1.807) is 0 Å². The molecule has 128 valence electrons. The van der Waals surface area contributed by atoms with Gasteiger partial charge in [-0.1, -0.05) is 0 Å². The van der Waals surface area contributed by atoms with Gasteiger partial charge in [0.15, 0.2) is 0 Å². The van der Waals surface area contributed by atoms with Crippen molar-refractivity contribution < 1.29 is 13.6 Å². The van der Waals surface area contributed by atoms with Crippen LogP contribution < -0.4 is 3.61 Å². The van der Waals surface area contributed by atoms with Crippen LogP contribution in [-0.2, 0) is 26.8 Å². The van der Waals surface area contributed by atoms with Crippen LogP contribution in [0.3, 0.4) is 0 Å². The van der Waals surface area contributed by atoms with Gasteiger partial charge in [-0.3, -0.25) is 0 Å². The van der Waals surface area contributed by atoms with Crippen molar-refractivity contribution in [3.63, 3.8) is 0 Å².